The third-order valence-corrected chi connectivity index (χ3v) is 7.14. The van der Waals surface area contributed by atoms with Crippen molar-refractivity contribution in [3.05, 3.63) is 124 Å². The molecule has 0 bridgehead atoms. The highest BCUT2D eigenvalue weighted by atomic mass is 16.5. The molecule has 0 radical (unpaired) electrons. The molecule has 0 aliphatic heterocycles. The molecule has 3 aromatic carbocycles. The van der Waals surface area contributed by atoms with Gasteiger partial charge in [-0.05, 0) is 36.1 Å². The first kappa shape index (κ1) is 30.9. The molecular weight excluding hydrogens is 574 g/mol. The summed E-state index contributed by atoms with van der Waals surface area (Å²) < 4.78 is 12.2. The van der Waals surface area contributed by atoms with Crippen molar-refractivity contribution < 1.29 is 23.5 Å². The molecule has 2 aromatic heterocycles. The molecule has 0 unspecified atom stereocenters. The van der Waals surface area contributed by atoms with E-state index >= 15 is 0 Å². The number of nitrogens with one attached hydrogen (secondary N) is 2. The number of Topliss-reactive ketones (excluding diaryl/α,β-unsaturated/α-hetero) is 1. The van der Waals surface area contributed by atoms with E-state index < -0.39 is 35.9 Å². The van der Waals surface area contributed by atoms with E-state index in [1.807, 2.05) is 61.5 Å². The van der Waals surface area contributed by atoms with Crippen LogP contribution >= 0.6 is 0 Å². The summed E-state index contributed by atoms with van der Waals surface area (Å²) in [6.07, 6.45) is -0.449. The number of aryl methyl sites for hydroxylation is 1. The second-order valence-corrected chi connectivity index (χ2v) is 11.0. The van der Waals surface area contributed by atoms with Crippen molar-refractivity contribution in [1.82, 2.24) is 20.1 Å². The van der Waals surface area contributed by atoms with Gasteiger partial charge in [-0.1, -0.05) is 92.2 Å². The number of aromatic nitrogens is 3. The van der Waals surface area contributed by atoms with Crippen LogP contribution in [0.2, 0.25) is 0 Å². The summed E-state index contributed by atoms with van der Waals surface area (Å²) in [5.74, 6) is -1.37. The van der Waals surface area contributed by atoms with E-state index in [1.165, 1.54) is 10.6 Å². The monoisotopic (exact) mass is 607 g/mol. The highest BCUT2D eigenvalue weighted by Gasteiger charge is 2.30. The number of ether oxygens (including phenoxy) is 1. The summed E-state index contributed by atoms with van der Waals surface area (Å²) in [5, 5.41) is 13.8. The van der Waals surface area contributed by atoms with Crippen LogP contribution in [0.1, 0.15) is 47.1 Å². The van der Waals surface area contributed by atoms with Crippen LogP contribution < -0.4 is 16.2 Å². The van der Waals surface area contributed by atoms with E-state index in [0.29, 0.717) is 17.3 Å². The quantitative estimate of drug-likeness (QED) is 0.198. The number of nitrogens with zero attached hydrogens (tertiary/aromatic N) is 3. The molecular formula is C34H33N5O6. The number of ketones is 1. The van der Waals surface area contributed by atoms with Gasteiger partial charge in [0.2, 0.25) is 17.6 Å². The highest BCUT2D eigenvalue weighted by Crippen LogP contribution is 2.18. The molecule has 5 rings (SSSR count). The predicted octanol–water partition coefficient (Wildman–Crippen LogP) is 5.06. The van der Waals surface area contributed by atoms with Crippen molar-refractivity contribution in [1.29, 1.82) is 0 Å². The molecule has 230 valence electrons. The Bertz CT molecular complexity index is 1900. The van der Waals surface area contributed by atoms with Crippen LogP contribution in [0.4, 0.5) is 10.5 Å². The Kier molecular flexibility index (Phi) is 9.47. The Labute approximate surface area is 259 Å². The SMILES string of the molecule is Cc1cccc(Cc2nnc(C(=O)[C@@H](NC(=O)Cn3c(=O)c(NC(=O)OCc4ccccc4)cc4ccccc43)C(C)C)o2)c1. The molecule has 5 aromatic rings. The van der Waals surface area contributed by atoms with Crippen LogP contribution in [0.15, 0.2) is 94.1 Å². The van der Waals surface area contributed by atoms with Crippen molar-refractivity contribution in [3.8, 4) is 0 Å². The van der Waals surface area contributed by atoms with Gasteiger partial charge in [-0.15, -0.1) is 10.2 Å². The Morgan fingerprint density at radius 2 is 1.64 bits per heavy atom. The van der Waals surface area contributed by atoms with Gasteiger partial charge in [-0.3, -0.25) is 24.3 Å². The normalized spacial score (nSPS) is 11.7. The molecule has 0 aliphatic carbocycles. The van der Waals surface area contributed by atoms with Crippen molar-refractivity contribution in [2.75, 3.05) is 5.32 Å². The first-order valence-corrected chi connectivity index (χ1v) is 14.5. The molecule has 2 N–H and O–H groups in total. The number of carbonyl (C=O) groups is 3. The lowest BCUT2D eigenvalue weighted by Gasteiger charge is -2.20. The topological polar surface area (TPSA) is 145 Å². The lowest BCUT2D eigenvalue weighted by atomic mass is 9.99. The maximum atomic E-state index is 13.5. The smallest absolute Gasteiger partial charge is 0.412 e. The third kappa shape index (κ3) is 7.69. The molecule has 11 heteroatoms. The molecule has 45 heavy (non-hydrogen) atoms. The van der Waals surface area contributed by atoms with Gasteiger partial charge in [0.25, 0.3) is 11.4 Å². The number of para-hydroxylation sites is 1. The number of fused-ring (bicyclic) bond motifs is 1. The molecule has 0 fully saturated rings. The standard InChI is InChI=1S/C34H33N5O6/c1-21(2)30(31(41)32-38-37-29(45-32)17-24-13-9-10-22(3)16-24)36-28(40)19-39-27-15-8-7-14-25(27)18-26(33(39)42)35-34(43)44-20-23-11-5-4-6-12-23/h4-16,18,21,30H,17,19-20H2,1-3H3,(H,35,43)(H,36,40)/t30-/m0/s1. The average Bonchev–Trinajstić information content (AvgIpc) is 3.49. The number of benzene rings is 3. The summed E-state index contributed by atoms with van der Waals surface area (Å²) in [6, 6.07) is 24.5. The Balaban J connectivity index is 1.31. The minimum absolute atomic E-state index is 0.0228. The van der Waals surface area contributed by atoms with Gasteiger partial charge < -0.3 is 14.5 Å². The molecule has 1 atom stereocenters. The molecule has 0 saturated carbocycles. The first-order chi connectivity index (χ1) is 21.7. The number of rotatable bonds is 11. The maximum absolute atomic E-state index is 13.5. The van der Waals surface area contributed by atoms with Gasteiger partial charge >= 0.3 is 6.09 Å². The van der Waals surface area contributed by atoms with Gasteiger partial charge in [0.15, 0.2) is 0 Å². The first-order valence-electron chi connectivity index (χ1n) is 14.5. The zero-order valence-electron chi connectivity index (χ0n) is 25.2. The molecule has 2 heterocycles. The summed E-state index contributed by atoms with van der Waals surface area (Å²) in [7, 11) is 0. The lowest BCUT2D eigenvalue weighted by molar-refractivity contribution is -0.122. The van der Waals surface area contributed by atoms with Crippen molar-refractivity contribution >= 4 is 34.4 Å². The number of hydrogen-bond acceptors (Lipinski definition) is 8. The number of amides is 2. The summed E-state index contributed by atoms with van der Waals surface area (Å²) in [6.45, 7) is 5.15. The zero-order chi connectivity index (χ0) is 31.9. The van der Waals surface area contributed by atoms with Crippen LogP contribution in [0.25, 0.3) is 10.9 Å². The fraction of sp³-hybridized carbons (Fsp3) is 0.235. The van der Waals surface area contributed by atoms with Crippen LogP contribution in [0.3, 0.4) is 0 Å². The Hall–Kier alpha value is -5.58. The Morgan fingerprint density at radius 3 is 2.40 bits per heavy atom. The van der Waals surface area contributed by atoms with Crippen LogP contribution in [-0.4, -0.2) is 38.6 Å². The van der Waals surface area contributed by atoms with Crippen molar-refractivity contribution in [3.63, 3.8) is 0 Å². The lowest BCUT2D eigenvalue weighted by Crippen LogP contribution is -2.46. The number of pyridine rings is 1. The second kappa shape index (κ2) is 13.8. The molecule has 0 aliphatic rings. The predicted molar refractivity (Wildman–Crippen MR) is 168 cm³/mol. The molecule has 0 saturated heterocycles. The van der Waals surface area contributed by atoms with E-state index in [9.17, 15) is 19.2 Å². The number of carbonyl (C=O) groups excluding carboxylic acids is 3. The van der Waals surface area contributed by atoms with E-state index in [1.54, 1.807) is 38.1 Å². The van der Waals surface area contributed by atoms with E-state index in [4.69, 9.17) is 9.15 Å². The third-order valence-electron chi connectivity index (χ3n) is 7.14. The van der Waals surface area contributed by atoms with Gasteiger partial charge in [-0.25, -0.2) is 4.79 Å². The van der Waals surface area contributed by atoms with E-state index in [-0.39, 0.29) is 30.0 Å². The van der Waals surface area contributed by atoms with E-state index in [2.05, 4.69) is 20.8 Å². The van der Waals surface area contributed by atoms with Crippen LogP contribution in [-0.2, 0) is 29.1 Å². The minimum Gasteiger partial charge on any atom is -0.444 e. The summed E-state index contributed by atoms with van der Waals surface area (Å²) >= 11 is 0. The van der Waals surface area contributed by atoms with Gasteiger partial charge in [0, 0.05) is 5.39 Å². The van der Waals surface area contributed by atoms with Crippen molar-refractivity contribution in [2.45, 2.75) is 46.4 Å². The minimum atomic E-state index is -0.985. The molecule has 0 spiro atoms. The maximum Gasteiger partial charge on any atom is 0.412 e. The fourth-order valence-corrected chi connectivity index (χ4v) is 4.90. The van der Waals surface area contributed by atoms with E-state index in [0.717, 1.165) is 16.7 Å². The molecule has 11 nitrogen and oxygen atoms in total. The summed E-state index contributed by atoms with van der Waals surface area (Å²) in [4.78, 5) is 52.7. The van der Waals surface area contributed by atoms with Crippen LogP contribution in [0, 0.1) is 12.8 Å². The molecule has 2 amide bonds. The summed E-state index contributed by atoms with van der Waals surface area (Å²) in [5.41, 5.74) is 2.66. The zero-order valence-corrected chi connectivity index (χ0v) is 25.2. The van der Waals surface area contributed by atoms with Gasteiger partial charge in [-0.2, -0.15) is 0 Å². The highest BCUT2D eigenvalue weighted by molar-refractivity contribution is 5.98. The number of hydrogen-bond donors (Lipinski definition) is 2. The van der Waals surface area contributed by atoms with Gasteiger partial charge in [0.05, 0.1) is 18.0 Å². The fourth-order valence-electron chi connectivity index (χ4n) is 4.90. The largest absolute Gasteiger partial charge is 0.444 e. The van der Waals surface area contributed by atoms with Crippen LogP contribution in [0.5, 0.6) is 0 Å². The van der Waals surface area contributed by atoms with Gasteiger partial charge in [0.1, 0.15) is 18.8 Å². The second-order valence-electron chi connectivity index (χ2n) is 11.0. The number of anilines is 1. The Morgan fingerprint density at radius 1 is 0.911 bits per heavy atom. The average molecular weight is 608 g/mol. The van der Waals surface area contributed by atoms with Crippen molar-refractivity contribution in [2.24, 2.45) is 5.92 Å².